The fourth-order valence-electron chi connectivity index (χ4n) is 1.69. The quantitative estimate of drug-likeness (QED) is 0.682. The van der Waals surface area contributed by atoms with Crippen molar-refractivity contribution in [2.45, 2.75) is 25.3 Å². The van der Waals surface area contributed by atoms with Crippen LogP contribution in [0.4, 0.5) is 4.79 Å². The summed E-state index contributed by atoms with van der Waals surface area (Å²) >= 11 is 0. The Morgan fingerprint density at radius 1 is 1.43 bits per heavy atom. The lowest BCUT2D eigenvalue weighted by atomic mass is 10.2. The standard InChI is InChI=1S/C9H15NO4/c1-4-6-5-9(6,7(11)13-2)10-8(12)14-3/h6H,4-5H2,1-3H3,(H,10,12)/t6?,9-/m0/s1. The van der Waals surface area contributed by atoms with Gasteiger partial charge in [-0.05, 0) is 12.3 Å². The van der Waals surface area contributed by atoms with E-state index >= 15 is 0 Å². The summed E-state index contributed by atoms with van der Waals surface area (Å²) in [5, 5.41) is 2.53. The number of rotatable bonds is 3. The summed E-state index contributed by atoms with van der Waals surface area (Å²) in [6.07, 6.45) is 0.871. The van der Waals surface area contributed by atoms with E-state index in [0.29, 0.717) is 6.42 Å². The summed E-state index contributed by atoms with van der Waals surface area (Å²) in [6, 6.07) is 0. The van der Waals surface area contributed by atoms with E-state index in [1.807, 2.05) is 6.92 Å². The zero-order chi connectivity index (χ0) is 10.8. The molecule has 2 atom stereocenters. The predicted molar refractivity (Wildman–Crippen MR) is 48.7 cm³/mol. The van der Waals surface area contributed by atoms with Gasteiger partial charge in [0.25, 0.3) is 0 Å². The van der Waals surface area contributed by atoms with E-state index in [9.17, 15) is 9.59 Å². The number of amides is 1. The highest BCUT2D eigenvalue weighted by atomic mass is 16.5. The van der Waals surface area contributed by atoms with Gasteiger partial charge in [0, 0.05) is 0 Å². The molecule has 0 heterocycles. The zero-order valence-corrected chi connectivity index (χ0v) is 8.62. The van der Waals surface area contributed by atoms with Gasteiger partial charge in [0.15, 0.2) is 0 Å². The minimum absolute atomic E-state index is 0.161. The molecule has 1 rings (SSSR count). The average Bonchev–Trinajstić information content (AvgIpc) is 2.91. The molecule has 0 radical (unpaired) electrons. The van der Waals surface area contributed by atoms with Crippen LogP contribution in [0.1, 0.15) is 19.8 Å². The smallest absolute Gasteiger partial charge is 0.407 e. The Labute approximate surface area is 82.8 Å². The highest BCUT2D eigenvalue weighted by Crippen LogP contribution is 2.46. The maximum Gasteiger partial charge on any atom is 0.407 e. The van der Waals surface area contributed by atoms with Crippen LogP contribution in [-0.2, 0) is 14.3 Å². The normalized spacial score (nSPS) is 29.2. The highest BCUT2D eigenvalue weighted by Gasteiger charge is 2.61. The predicted octanol–water partition coefficient (Wildman–Crippen LogP) is 0.684. The van der Waals surface area contributed by atoms with Crippen LogP contribution < -0.4 is 5.32 Å². The van der Waals surface area contributed by atoms with E-state index in [2.05, 4.69) is 14.8 Å². The Hall–Kier alpha value is -1.26. The molecule has 0 saturated heterocycles. The van der Waals surface area contributed by atoms with Gasteiger partial charge in [-0.3, -0.25) is 0 Å². The molecule has 1 fully saturated rings. The summed E-state index contributed by atoms with van der Waals surface area (Å²) in [6.45, 7) is 1.97. The molecule has 5 heteroatoms. The number of nitrogens with one attached hydrogen (secondary N) is 1. The third-order valence-corrected chi connectivity index (χ3v) is 2.66. The van der Waals surface area contributed by atoms with E-state index in [1.165, 1.54) is 14.2 Å². The first-order valence-electron chi connectivity index (χ1n) is 4.55. The number of hydrogen-bond acceptors (Lipinski definition) is 4. The molecule has 5 nitrogen and oxygen atoms in total. The summed E-state index contributed by atoms with van der Waals surface area (Å²) < 4.78 is 9.10. The zero-order valence-electron chi connectivity index (χ0n) is 8.62. The Balaban J connectivity index is 2.66. The first kappa shape index (κ1) is 10.8. The van der Waals surface area contributed by atoms with Gasteiger partial charge >= 0.3 is 12.1 Å². The van der Waals surface area contributed by atoms with Crippen molar-refractivity contribution in [3.63, 3.8) is 0 Å². The molecular weight excluding hydrogens is 186 g/mol. The minimum Gasteiger partial charge on any atom is -0.467 e. The van der Waals surface area contributed by atoms with E-state index in [1.54, 1.807) is 0 Å². The van der Waals surface area contributed by atoms with E-state index in [0.717, 1.165) is 6.42 Å². The maximum atomic E-state index is 11.4. The van der Waals surface area contributed by atoms with Crippen molar-refractivity contribution in [2.24, 2.45) is 5.92 Å². The lowest BCUT2D eigenvalue weighted by molar-refractivity contribution is -0.144. The maximum absolute atomic E-state index is 11.4. The van der Waals surface area contributed by atoms with Crippen molar-refractivity contribution in [1.29, 1.82) is 0 Å². The first-order chi connectivity index (χ1) is 6.60. The Kier molecular flexibility index (Phi) is 2.98. The number of carbonyl (C=O) groups is 2. The van der Waals surface area contributed by atoms with Gasteiger partial charge in [0.05, 0.1) is 14.2 Å². The summed E-state index contributed by atoms with van der Waals surface area (Å²) in [4.78, 5) is 22.4. The van der Waals surface area contributed by atoms with E-state index in [4.69, 9.17) is 0 Å². The second-order valence-electron chi connectivity index (χ2n) is 3.39. The fourth-order valence-corrected chi connectivity index (χ4v) is 1.69. The lowest BCUT2D eigenvalue weighted by Gasteiger charge is -2.15. The molecule has 0 aromatic carbocycles. The SMILES string of the molecule is CCC1C[C@@]1(NC(=O)OC)C(=O)OC. The number of ether oxygens (including phenoxy) is 2. The molecule has 0 aromatic heterocycles. The Morgan fingerprint density at radius 2 is 2.07 bits per heavy atom. The average molecular weight is 201 g/mol. The van der Waals surface area contributed by atoms with Crippen LogP contribution in [0.5, 0.6) is 0 Å². The van der Waals surface area contributed by atoms with Crippen molar-refractivity contribution in [1.82, 2.24) is 5.32 Å². The monoisotopic (exact) mass is 201 g/mol. The number of carbonyl (C=O) groups excluding carboxylic acids is 2. The van der Waals surface area contributed by atoms with Crippen LogP contribution >= 0.6 is 0 Å². The van der Waals surface area contributed by atoms with Crippen molar-refractivity contribution in [2.75, 3.05) is 14.2 Å². The number of hydrogen-bond donors (Lipinski definition) is 1. The van der Waals surface area contributed by atoms with Crippen LogP contribution in [0.2, 0.25) is 0 Å². The second kappa shape index (κ2) is 3.86. The van der Waals surface area contributed by atoms with Crippen molar-refractivity contribution in [3.8, 4) is 0 Å². The molecule has 1 N–H and O–H groups in total. The van der Waals surface area contributed by atoms with Crippen molar-refractivity contribution in [3.05, 3.63) is 0 Å². The largest absolute Gasteiger partial charge is 0.467 e. The second-order valence-corrected chi connectivity index (χ2v) is 3.39. The summed E-state index contributed by atoms with van der Waals surface area (Å²) in [5.41, 5.74) is -0.837. The first-order valence-corrected chi connectivity index (χ1v) is 4.55. The lowest BCUT2D eigenvalue weighted by Crippen LogP contribution is -2.45. The van der Waals surface area contributed by atoms with Crippen LogP contribution in [0.3, 0.4) is 0 Å². The molecule has 80 valence electrons. The van der Waals surface area contributed by atoms with Gasteiger partial charge in [-0.25, -0.2) is 9.59 Å². The fraction of sp³-hybridized carbons (Fsp3) is 0.778. The van der Waals surface area contributed by atoms with Crippen molar-refractivity contribution < 1.29 is 19.1 Å². The van der Waals surface area contributed by atoms with E-state index in [-0.39, 0.29) is 5.92 Å². The minimum atomic E-state index is -0.837. The number of esters is 1. The molecule has 14 heavy (non-hydrogen) atoms. The van der Waals surface area contributed by atoms with Gasteiger partial charge in [-0.15, -0.1) is 0 Å². The topological polar surface area (TPSA) is 64.6 Å². The van der Waals surface area contributed by atoms with Crippen LogP contribution in [0.15, 0.2) is 0 Å². The molecule has 1 aliphatic carbocycles. The molecule has 1 saturated carbocycles. The van der Waals surface area contributed by atoms with Crippen LogP contribution in [-0.4, -0.2) is 31.8 Å². The summed E-state index contributed by atoms with van der Waals surface area (Å²) in [5.74, 6) is -0.233. The van der Waals surface area contributed by atoms with Gasteiger partial charge in [-0.2, -0.15) is 0 Å². The van der Waals surface area contributed by atoms with Gasteiger partial charge in [0.1, 0.15) is 5.54 Å². The van der Waals surface area contributed by atoms with Gasteiger partial charge < -0.3 is 14.8 Å². The van der Waals surface area contributed by atoms with Gasteiger partial charge in [0.2, 0.25) is 0 Å². The molecular formula is C9H15NO4. The van der Waals surface area contributed by atoms with Crippen molar-refractivity contribution >= 4 is 12.1 Å². The molecule has 0 bridgehead atoms. The number of alkyl carbamates (subject to hydrolysis) is 1. The Bertz CT molecular complexity index is 253. The molecule has 0 spiro atoms. The highest BCUT2D eigenvalue weighted by molar-refractivity contribution is 5.89. The van der Waals surface area contributed by atoms with E-state index < -0.39 is 17.6 Å². The Morgan fingerprint density at radius 3 is 2.43 bits per heavy atom. The van der Waals surface area contributed by atoms with Crippen LogP contribution in [0.25, 0.3) is 0 Å². The molecule has 1 amide bonds. The molecule has 1 aliphatic rings. The third kappa shape index (κ3) is 1.66. The van der Waals surface area contributed by atoms with Crippen LogP contribution in [0, 0.1) is 5.92 Å². The number of methoxy groups -OCH3 is 2. The summed E-state index contributed by atoms with van der Waals surface area (Å²) in [7, 11) is 2.58. The molecule has 1 unspecified atom stereocenters. The third-order valence-electron chi connectivity index (χ3n) is 2.66. The molecule has 0 aliphatic heterocycles. The van der Waals surface area contributed by atoms with Gasteiger partial charge in [-0.1, -0.05) is 13.3 Å². The molecule has 0 aromatic rings.